The molecule has 0 aliphatic carbocycles. The number of methoxy groups -OCH3 is 1. The van der Waals surface area contributed by atoms with Gasteiger partial charge in [-0.05, 0) is 24.3 Å². The summed E-state index contributed by atoms with van der Waals surface area (Å²) in [6.45, 7) is 0. The maximum absolute atomic E-state index is 12.0. The highest BCUT2D eigenvalue weighted by Gasteiger charge is 2.14. The van der Waals surface area contributed by atoms with Crippen LogP contribution in [0.3, 0.4) is 0 Å². The molecule has 0 spiro atoms. The molecule has 2 rings (SSSR count). The second kappa shape index (κ2) is 6.64. The summed E-state index contributed by atoms with van der Waals surface area (Å²) >= 11 is 12.0. The monoisotopic (exact) mass is 310 g/mol. The molecule has 0 bridgehead atoms. The van der Waals surface area contributed by atoms with Crippen LogP contribution in [0.1, 0.15) is 5.56 Å². The Morgan fingerprint density at radius 2 is 1.60 bits per heavy atom. The topological polar surface area (TPSA) is 35.5 Å². The third-order valence-electron chi connectivity index (χ3n) is 2.68. The summed E-state index contributed by atoms with van der Waals surface area (Å²) in [5, 5.41) is 0.879. The zero-order valence-electron chi connectivity index (χ0n) is 10.7. The lowest BCUT2D eigenvalue weighted by atomic mass is 10.1. The van der Waals surface area contributed by atoms with Gasteiger partial charge in [-0.3, -0.25) is 4.79 Å². The highest BCUT2D eigenvalue weighted by Crippen LogP contribution is 2.28. The maximum atomic E-state index is 12.0. The molecule has 5 heteroatoms. The van der Waals surface area contributed by atoms with Crippen molar-refractivity contribution in [1.29, 1.82) is 0 Å². The predicted octanol–water partition coefficient (Wildman–Crippen LogP) is 4.15. The van der Waals surface area contributed by atoms with Gasteiger partial charge in [0.05, 0.1) is 13.5 Å². The van der Waals surface area contributed by atoms with Gasteiger partial charge in [0.15, 0.2) is 11.5 Å². The van der Waals surface area contributed by atoms with Crippen LogP contribution in [-0.4, -0.2) is 13.1 Å². The van der Waals surface area contributed by atoms with E-state index in [1.807, 2.05) is 0 Å². The molecule has 0 radical (unpaired) electrons. The fourth-order valence-electron chi connectivity index (χ4n) is 1.71. The number of carbonyl (C=O) groups is 1. The molecule has 0 aliphatic heterocycles. The van der Waals surface area contributed by atoms with Crippen molar-refractivity contribution in [2.75, 3.05) is 7.11 Å². The molecule has 2 aromatic rings. The van der Waals surface area contributed by atoms with Gasteiger partial charge in [0.2, 0.25) is 0 Å². The van der Waals surface area contributed by atoms with E-state index < -0.39 is 5.97 Å². The number of benzene rings is 2. The van der Waals surface area contributed by atoms with Gasteiger partial charge in [-0.1, -0.05) is 41.4 Å². The van der Waals surface area contributed by atoms with E-state index in [9.17, 15) is 4.79 Å². The first kappa shape index (κ1) is 14.7. The average Bonchev–Trinajstić information content (AvgIpc) is 2.44. The van der Waals surface area contributed by atoms with E-state index in [0.29, 0.717) is 27.1 Å². The van der Waals surface area contributed by atoms with Gasteiger partial charge in [0.25, 0.3) is 0 Å². The van der Waals surface area contributed by atoms with Crippen molar-refractivity contribution in [2.24, 2.45) is 0 Å². The Morgan fingerprint density at radius 1 is 1.00 bits per heavy atom. The maximum Gasteiger partial charge on any atom is 0.315 e. The van der Waals surface area contributed by atoms with Crippen molar-refractivity contribution in [2.45, 2.75) is 6.42 Å². The molecule has 0 unspecified atom stereocenters. The van der Waals surface area contributed by atoms with Crippen LogP contribution in [0.5, 0.6) is 11.5 Å². The first-order valence-electron chi connectivity index (χ1n) is 5.88. The number of para-hydroxylation sites is 2. The summed E-state index contributed by atoms with van der Waals surface area (Å²) in [4.78, 5) is 12.0. The van der Waals surface area contributed by atoms with E-state index in [2.05, 4.69) is 0 Å². The molecule has 0 aliphatic rings. The van der Waals surface area contributed by atoms with Crippen LogP contribution in [0.2, 0.25) is 10.0 Å². The van der Waals surface area contributed by atoms with Crippen LogP contribution >= 0.6 is 23.2 Å². The Labute approximate surface area is 127 Å². The van der Waals surface area contributed by atoms with E-state index in [4.69, 9.17) is 32.7 Å². The van der Waals surface area contributed by atoms with Crippen LogP contribution in [-0.2, 0) is 11.2 Å². The smallest absolute Gasteiger partial charge is 0.315 e. The summed E-state index contributed by atoms with van der Waals surface area (Å²) in [6.07, 6.45) is -0.00342. The van der Waals surface area contributed by atoms with Crippen LogP contribution in [0.25, 0.3) is 0 Å². The van der Waals surface area contributed by atoms with Crippen molar-refractivity contribution in [3.63, 3.8) is 0 Å². The SMILES string of the molecule is COc1ccccc1OC(=O)Cc1c(Cl)cccc1Cl. The van der Waals surface area contributed by atoms with Crippen molar-refractivity contribution in [3.05, 3.63) is 58.1 Å². The molecule has 0 N–H and O–H groups in total. The molecule has 0 atom stereocenters. The lowest BCUT2D eigenvalue weighted by Gasteiger charge is -2.10. The zero-order chi connectivity index (χ0) is 14.5. The third-order valence-corrected chi connectivity index (χ3v) is 3.38. The van der Waals surface area contributed by atoms with Gasteiger partial charge in [0.1, 0.15) is 0 Å². The molecular weight excluding hydrogens is 299 g/mol. The van der Waals surface area contributed by atoms with Crippen molar-refractivity contribution in [1.82, 2.24) is 0 Å². The first-order valence-corrected chi connectivity index (χ1v) is 6.64. The lowest BCUT2D eigenvalue weighted by Crippen LogP contribution is -2.12. The average molecular weight is 311 g/mol. The molecule has 104 valence electrons. The van der Waals surface area contributed by atoms with Gasteiger partial charge >= 0.3 is 5.97 Å². The normalized spacial score (nSPS) is 10.2. The van der Waals surface area contributed by atoms with E-state index in [0.717, 1.165) is 0 Å². The van der Waals surface area contributed by atoms with E-state index in [1.165, 1.54) is 7.11 Å². The Balaban J connectivity index is 2.13. The number of hydrogen-bond acceptors (Lipinski definition) is 3. The van der Waals surface area contributed by atoms with Gasteiger partial charge in [-0.15, -0.1) is 0 Å². The van der Waals surface area contributed by atoms with Gasteiger partial charge in [-0.2, -0.15) is 0 Å². The fourth-order valence-corrected chi connectivity index (χ4v) is 2.24. The molecule has 2 aromatic carbocycles. The summed E-state index contributed by atoms with van der Waals surface area (Å²) in [6, 6.07) is 12.0. The first-order chi connectivity index (χ1) is 9.61. The summed E-state index contributed by atoms with van der Waals surface area (Å²) in [5.41, 5.74) is 0.552. The van der Waals surface area contributed by atoms with Crippen molar-refractivity contribution in [3.8, 4) is 11.5 Å². The summed E-state index contributed by atoms with van der Waals surface area (Å²) in [7, 11) is 1.51. The van der Waals surface area contributed by atoms with Crippen molar-refractivity contribution >= 4 is 29.2 Å². The lowest BCUT2D eigenvalue weighted by molar-refractivity contribution is -0.133. The number of carbonyl (C=O) groups excluding carboxylic acids is 1. The fraction of sp³-hybridized carbons (Fsp3) is 0.133. The highest BCUT2D eigenvalue weighted by molar-refractivity contribution is 6.36. The molecule has 0 saturated carbocycles. The molecule has 0 heterocycles. The van der Waals surface area contributed by atoms with Gasteiger partial charge < -0.3 is 9.47 Å². The van der Waals surface area contributed by atoms with Crippen LogP contribution in [0.15, 0.2) is 42.5 Å². The number of esters is 1. The number of halogens is 2. The molecule has 0 aromatic heterocycles. The highest BCUT2D eigenvalue weighted by atomic mass is 35.5. The van der Waals surface area contributed by atoms with E-state index in [-0.39, 0.29) is 6.42 Å². The Bertz CT molecular complexity index is 606. The molecular formula is C15H12Cl2O3. The summed E-state index contributed by atoms with van der Waals surface area (Å²) in [5.74, 6) is 0.402. The quantitative estimate of drug-likeness (QED) is 0.628. The molecule has 20 heavy (non-hydrogen) atoms. The minimum Gasteiger partial charge on any atom is -0.493 e. The minimum absolute atomic E-state index is 0.00342. The largest absolute Gasteiger partial charge is 0.493 e. The number of ether oxygens (including phenoxy) is 2. The number of hydrogen-bond donors (Lipinski definition) is 0. The van der Waals surface area contributed by atoms with Gasteiger partial charge in [0, 0.05) is 15.6 Å². The van der Waals surface area contributed by atoms with Crippen LogP contribution < -0.4 is 9.47 Å². The van der Waals surface area contributed by atoms with Crippen molar-refractivity contribution < 1.29 is 14.3 Å². The standard InChI is InChI=1S/C15H12Cl2O3/c1-19-13-7-2-3-8-14(13)20-15(18)9-10-11(16)5-4-6-12(10)17/h2-8H,9H2,1H3. The molecule has 0 saturated heterocycles. The third kappa shape index (κ3) is 3.44. The molecule has 3 nitrogen and oxygen atoms in total. The Hall–Kier alpha value is -1.71. The number of rotatable bonds is 4. The van der Waals surface area contributed by atoms with E-state index in [1.54, 1.807) is 42.5 Å². The molecule has 0 fully saturated rings. The minimum atomic E-state index is -0.454. The predicted molar refractivity (Wildman–Crippen MR) is 78.8 cm³/mol. The van der Waals surface area contributed by atoms with Crippen LogP contribution in [0, 0.1) is 0 Å². The van der Waals surface area contributed by atoms with E-state index >= 15 is 0 Å². The second-order valence-corrected chi connectivity index (χ2v) is 4.82. The second-order valence-electron chi connectivity index (χ2n) is 4.00. The summed E-state index contributed by atoms with van der Waals surface area (Å²) < 4.78 is 10.4. The zero-order valence-corrected chi connectivity index (χ0v) is 12.2. The van der Waals surface area contributed by atoms with Gasteiger partial charge in [-0.25, -0.2) is 0 Å². The Kier molecular flexibility index (Phi) is 4.88. The molecule has 0 amide bonds. The Morgan fingerprint density at radius 3 is 2.20 bits per heavy atom. The van der Waals surface area contributed by atoms with Crippen LogP contribution in [0.4, 0.5) is 0 Å².